The zero-order valence-corrected chi connectivity index (χ0v) is 19.8. The molecule has 0 bridgehead atoms. The predicted molar refractivity (Wildman–Crippen MR) is 132 cm³/mol. The molecule has 0 saturated carbocycles. The highest BCUT2D eigenvalue weighted by Gasteiger charge is 2.21. The molecular formula is C24H25N7OS. The minimum absolute atomic E-state index is 0.0698. The first-order chi connectivity index (χ1) is 15.8. The lowest BCUT2D eigenvalue weighted by Gasteiger charge is -2.20. The van der Waals surface area contributed by atoms with Gasteiger partial charge in [0.2, 0.25) is 0 Å². The number of nitrogens with one attached hydrogen (secondary N) is 1. The molecule has 0 saturated heterocycles. The number of thiazole rings is 1. The molecule has 3 heterocycles. The zero-order chi connectivity index (χ0) is 23.7. The quantitative estimate of drug-likeness (QED) is 0.451. The molecule has 4 aromatic rings. The highest BCUT2D eigenvalue weighted by molar-refractivity contribution is 7.15. The number of anilines is 2. The van der Waals surface area contributed by atoms with Crippen LogP contribution in [0.1, 0.15) is 35.3 Å². The Bertz CT molecular complexity index is 1430. The van der Waals surface area contributed by atoms with E-state index < -0.39 is 0 Å². The van der Waals surface area contributed by atoms with Gasteiger partial charge in [-0.25, -0.2) is 9.97 Å². The Morgan fingerprint density at radius 1 is 1.30 bits per heavy atom. The predicted octanol–water partition coefficient (Wildman–Crippen LogP) is 3.82. The number of nitrogen functional groups attached to an aromatic ring is 1. The summed E-state index contributed by atoms with van der Waals surface area (Å²) in [5, 5.41) is 14.7. The second kappa shape index (κ2) is 9.02. The van der Waals surface area contributed by atoms with Crippen LogP contribution in [0.5, 0.6) is 0 Å². The third-order valence-corrected chi connectivity index (χ3v) is 6.43. The third-order valence-electron chi connectivity index (χ3n) is 5.43. The van der Waals surface area contributed by atoms with Crippen LogP contribution in [0.4, 0.5) is 11.6 Å². The lowest BCUT2D eigenvalue weighted by molar-refractivity contribution is 0.402. The molecule has 168 valence electrons. The van der Waals surface area contributed by atoms with Gasteiger partial charge in [-0.3, -0.25) is 9.20 Å². The maximum absolute atomic E-state index is 13.7. The Morgan fingerprint density at radius 3 is 2.82 bits per heavy atom. The number of fused-ring (bicyclic) bond motifs is 1. The van der Waals surface area contributed by atoms with Crippen molar-refractivity contribution in [1.82, 2.24) is 19.3 Å². The van der Waals surface area contributed by atoms with Gasteiger partial charge in [0.1, 0.15) is 34.4 Å². The van der Waals surface area contributed by atoms with E-state index in [0.717, 1.165) is 33.8 Å². The molecule has 0 aliphatic carbocycles. The van der Waals surface area contributed by atoms with E-state index in [1.165, 1.54) is 17.7 Å². The number of benzene rings is 1. The molecular weight excluding hydrogens is 434 g/mol. The van der Waals surface area contributed by atoms with E-state index in [1.807, 2.05) is 51.5 Å². The van der Waals surface area contributed by atoms with E-state index in [9.17, 15) is 10.1 Å². The van der Waals surface area contributed by atoms with Crippen LogP contribution in [0, 0.1) is 18.3 Å². The van der Waals surface area contributed by atoms with E-state index in [1.54, 1.807) is 4.40 Å². The standard InChI is InChI=1S/C24H25N7OS/c1-14-12-33-20-9-18(15(2)29-23-19(10-25)22(26)27-13-28-23)21(24(32)31(14)20)17-7-5-6-16(8-17)11-30(3)4/h5-9,12-13,15H,11H2,1-4H3,(H3,26,27,28,29)/t15-/m0/s1. The van der Waals surface area contributed by atoms with Gasteiger partial charge in [0.05, 0.1) is 11.6 Å². The minimum Gasteiger partial charge on any atom is -0.382 e. The topological polar surface area (TPSA) is 112 Å². The molecule has 4 rings (SSSR count). The van der Waals surface area contributed by atoms with Gasteiger partial charge in [-0.2, -0.15) is 5.26 Å². The van der Waals surface area contributed by atoms with Crippen molar-refractivity contribution in [3.63, 3.8) is 0 Å². The van der Waals surface area contributed by atoms with Crippen molar-refractivity contribution in [2.24, 2.45) is 0 Å². The molecule has 0 unspecified atom stereocenters. The highest BCUT2D eigenvalue weighted by atomic mass is 32.1. The van der Waals surface area contributed by atoms with E-state index in [-0.39, 0.29) is 23.0 Å². The SMILES string of the molecule is Cc1csc2cc([C@H](C)Nc3ncnc(N)c3C#N)c(-c3cccc(CN(C)C)c3)c(=O)n12. The second-order valence-electron chi connectivity index (χ2n) is 8.23. The molecule has 33 heavy (non-hydrogen) atoms. The zero-order valence-electron chi connectivity index (χ0n) is 19.0. The molecule has 9 heteroatoms. The summed E-state index contributed by atoms with van der Waals surface area (Å²) in [5.41, 5.74) is 10.3. The van der Waals surface area contributed by atoms with Crippen LogP contribution in [-0.2, 0) is 6.54 Å². The number of hydrogen-bond donors (Lipinski definition) is 2. The number of hydrogen-bond acceptors (Lipinski definition) is 8. The molecule has 0 aliphatic heterocycles. The minimum atomic E-state index is -0.320. The van der Waals surface area contributed by atoms with Crippen molar-refractivity contribution in [3.05, 3.63) is 74.8 Å². The lowest BCUT2D eigenvalue weighted by atomic mass is 9.95. The molecule has 8 nitrogen and oxygen atoms in total. The Hall–Kier alpha value is -3.74. The molecule has 0 spiro atoms. The van der Waals surface area contributed by atoms with Gasteiger partial charge in [-0.05, 0) is 56.8 Å². The molecule has 1 aromatic carbocycles. The van der Waals surface area contributed by atoms with Crippen molar-refractivity contribution in [2.75, 3.05) is 25.1 Å². The van der Waals surface area contributed by atoms with Crippen LogP contribution < -0.4 is 16.6 Å². The molecule has 3 aromatic heterocycles. The Balaban J connectivity index is 1.89. The summed E-state index contributed by atoms with van der Waals surface area (Å²) in [6, 6.07) is 11.8. The number of pyridine rings is 1. The van der Waals surface area contributed by atoms with Gasteiger partial charge in [0.25, 0.3) is 5.56 Å². The largest absolute Gasteiger partial charge is 0.382 e. The maximum atomic E-state index is 13.7. The number of aromatic nitrogens is 3. The first kappa shape index (κ1) is 22.5. The first-order valence-electron chi connectivity index (χ1n) is 10.4. The highest BCUT2D eigenvalue weighted by Crippen LogP contribution is 2.32. The van der Waals surface area contributed by atoms with Crippen LogP contribution >= 0.6 is 11.3 Å². The number of rotatable bonds is 6. The smallest absolute Gasteiger partial charge is 0.264 e. The molecule has 1 atom stereocenters. The molecule has 3 N–H and O–H groups in total. The van der Waals surface area contributed by atoms with E-state index >= 15 is 0 Å². The number of nitrogens with zero attached hydrogens (tertiary/aromatic N) is 5. The summed E-state index contributed by atoms with van der Waals surface area (Å²) in [4.78, 5) is 24.8. The molecule has 0 fully saturated rings. The van der Waals surface area contributed by atoms with Crippen molar-refractivity contribution >= 4 is 27.8 Å². The summed E-state index contributed by atoms with van der Waals surface area (Å²) >= 11 is 1.52. The Morgan fingerprint density at radius 2 is 2.09 bits per heavy atom. The Labute approximate surface area is 196 Å². The summed E-state index contributed by atoms with van der Waals surface area (Å²) < 4.78 is 1.75. The molecule has 0 radical (unpaired) electrons. The van der Waals surface area contributed by atoms with Gasteiger partial charge in [-0.15, -0.1) is 11.3 Å². The van der Waals surface area contributed by atoms with Gasteiger partial charge in [0, 0.05) is 17.6 Å². The van der Waals surface area contributed by atoms with Gasteiger partial charge >= 0.3 is 0 Å². The average Bonchev–Trinajstić information content (AvgIpc) is 3.14. The van der Waals surface area contributed by atoms with Crippen LogP contribution in [-0.4, -0.2) is 33.4 Å². The summed E-state index contributed by atoms with van der Waals surface area (Å²) in [7, 11) is 4.03. The van der Waals surface area contributed by atoms with E-state index in [0.29, 0.717) is 11.4 Å². The van der Waals surface area contributed by atoms with Crippen molar-refractivity contribution in [2.45, 2.75) is 26.4 Å². The van der Waals surface area contributed by atoms with E-state index in [4.69, 9.17) is 5.73 Å². The fraction of sp³-hybridized carbons (Fsp3) is 0.250. The summed E-state index contributed by atoms with van der Waals surface area (Å²) in [6.07, 6.45) is 1.32. The van der Waals surface area contributed by atoms with Crippen LogP contribution in [0.15, 0.2) is 46.8 Å². The molecule has 0 aliphatic rings. The number of nitriles is 1. The maximum Gasteiger partial charge on any atom is 0.264 e. The van der Waals surface area contributed by atoms with Crippen molar-refractivity contribution < 1.29 is 0 Å². The van der Waals surface area contributed by atoms with Crippen molar-refractivity contribution in [3.8, 4) is 17.2 Å². The lowest BCUT2D eigenvalue weighted by Crippen LogP contribution is -2.21. The normalized spacial score (nSPS) is 12.1. The molecule has 0 amide bonds. The van der Waals surface area contributed by atoms with Gasteiger partial charge in [0.15, 0.2) is 0 Å². The third kappa shape index (κ3) is 4.31. The summed E-state index contributed by atoms with van der Waals surface area (Å²) in [5.74, 6) is 0.454. The average molecular weight is 460 g/mol. The second-order valence-corrected chi connectivity index (χ2v) is 9.12. The van der Waals surface area contributed by atoms with Crippen LogP contribution in [0.3, 0.4) is 0 Å². The van der Waals surface area contributed by atoms with Crippen LogP contribution in [0.25, 0.3) is 16.0 Å². The van der Waals surface area contributed by atoms with Gasteiger partial charge in [-0.1, -0.05) is 18.2 Å². The fourth-order valence-corrected chi connectivity index (χ4v) is 4.87. The summed E-state index contributed by atoms with van der Waals surface area (Å²) in [6.45, 7) is 4.64. The number of nitrogens with two attached hydrogens (primary N) is 1. The monoisotopic (exact) mass is 459 g/mol. The fourth-order valence-electron chi connectivity index (χ4n) is 3.95. The van der Waals surface area contributed by atoms with Crippen LogP contribution in [0.2, 0.25) is 0 Å². The first-order valence-corrected chi connectivity index (χ1v) is 11.3. The number of aryl methyl sites for hydroxylation is 1. The van der Waals surface area contributed by atoms with Crippen molar-refractivity contribution in [1.29, 1.82) is 5.26 Å². The van der Waals surface area contributed by atoms with Gasteiger partial charge < -0.3 is 16.0 Å². The Kier molecular flexibility index (Phi) is 6.14. The van der Waals surface area contributed by atoms with E-state index in [2.05, 4.69) is 38.4 Å².